The number of aliphatic carboxylic acids is 1. The van der Waals surface area contributed by atoms with Crippen molar-refractivity contribution in [3.05, 3.63) is 88.3 Å². The molecule has 1 N–H and O–H groups in total. The standard InChI is InChI=1S/C32H37FO6S/c1-20-15-23(7-6-14-40(4,36)37)16-21(2)32(20)24-8-5-9-29(22(3)28(33)13-10-24)39-26-11-12-27-25(17-31(34)35)19-38-30(27)18-26/h10-13,15-16,18,25,29H,3,5-9,14,17,19H2,1-2,4H3,(H,34,35)/b24-10+,28-13+/t25-,29-/m1/s1. The fraction of sp³-hybridized carbons (Fsp3) is 0.406. The molecule has 2 aliphatic rings. The molecule has 2 aromatic rings. The van der Waals surface area contributed by atoms with Crippen molar-refractivity contribution in [1.29, 1.82) is 0 Å². The van der Waals surface area contributed by atoms with Gasteiger partial charge >= 0.3 is 5.97 Å². The highest BCUT2D eigenvalue weighted by atomic mass is 32.2. The number of aryl methyl sites for hydroxylation is 3. The van der Waals surface area contributed by atoms with E-state index in [1.807, 2.05) is 26.0 Å². The lowest BCUT2D eigenvalue weighted by atomic mass is 9.89. The summed E-state index contributed by atoms with van der Waals surface area (Å²) in [6, 6.07) is 9.54. The van der Waals surface area contributed by atoms with Gasteiger partial charge in [0.05, 0.1) is 18.8 Å². The van der Waals surface area contributed by atoms with Crippen molar-refractivity contribution in [3.63, 3.8) is 0 Å². The van der Waals surface area contributed by atoms with E-state index in [4.69, 9.17) is 14.6 Å². The summed E-state index contributed by atoms with van der Waals surface area (Å²) in [5.74, 6) is -0.207. The van der Waals surface area contributed by atoms with E-state index in [0.29, 0.717) is 37.4 Å². The van der Waals surface area contributed by atoms with Crippen LogP contribution in [-0.2, 0) is 21.1 Å². The van der Waals surface area contributed by atoms with Crippen LogP contribution >= 0.6 is 0 Å². The largest absolute Gasteiger partial charge is 0.492 e. The minimum absolute atomic E-state index is 0.00281. The topological polar surface area (TPSA) is 89.9 Å². The Balaban J connectivity index is 1.47. The molecule has 2 aromatic carbocycles. The van der Waals surface area contributed by atoms with Gasteiger partial charge < -0.3 is 14.6 Å². The van der Waals surface area contributed by atoms with Crippen LogP contribution in [0.4, 0.5) is 4.39 Å². The van der Waals surface area contributed by atoms with E-state index in [2.05, 4.69) is 18.7 Å². The van der Waals surface area contributed by atoms with Crippen molar-refractivity contribution in [1.82, 2.24) is 0 Å². The van der Waals surface area contributed by atoms with Crippen LogP contribution < -0.4 is 9.47 Å². The van der Waals surface area contributed by atoms with Crippen LogP contribution in [0.15, 0.2) is 60.5 Å². The second-order valence-corrected chi connectivity index (χ2v) is 13.1. The number of rotatable bonds is 9. The minimum Gasteiger partial charge on any atom is -0.492 e. The van der Waals surface area contributed by atoms with Crippen LogP contribution in [0.2, 0.25) is 0 Å². The van der Waals surface area contributed by atoms with Crippen molar-refractivity contribution in [2.24, 2.45) is 0 Å². The fourth-order valence-corrected chi connectivity index (χ4v) is 6.29. The second-order valence-electron chi connectivity index (χ2n) is 10.9. The molecule has 0 unspecified atom stereocenters. The Kier molecular flexibility index (Phi) is 9.19. The van der Waals surface area contributed by atoms with Gasteiger partial charge in [0.15, 0.2) is 0 Å². The van der Waals surface area contributed by atoms with Crippen LogP contribution in [0.3, 0.4) is 0 Å². The molecular formula is C32H37FO6S. The maximum Gasteiger partial charge on any atom is 0.304 e. The van der Waals surface area contributed by atoms with Crippen LogP contribution in [0.25, 0.3) is 5.57 Å². The molecule has 0 saturated heterocycles. The number of hydrogen-bond acceptors (Lipinski definition) is 5. The molecule has 8 heteroatoms. The summed E-state index contributed by atoms with van der Waals surface area (Å²) in [5.41, 5.74) is 6.51. The van der Waals surface area contributed by atoms with Gasteiger partial charge in [-0.05, 0) is 85.9 Å². The van der Waals surface area contributed by atoms with Gasteiger partial charge in [-0.15, -0.1) is 0 Å². The minimum atomic E-state index is -2.99. The molecule has 214 valence electrons. The zero-order valence-electron chi connectivity index (χ0n) is 23.3. The molecule has 1 aliphatic carbocycles. The van der Waals surface area contributed by atoms with Crippen LogP contribution in [0, 0.1) is 13.8 Å². The number of hydrogen-bond donors (Lipinski definition) is 1. The SMILES string of the molecule is C=C1/C(F)=C\C=C(\c2c(C)cc(CCCS(C)(=O)=O)cc2C)CCC[C@H]1Oc1ccc2c(c1)OC[C@H]2CC(=O)O. The van der Waals surface area contributed by atoms with Gasteiger partial charge in [-0.1, -0.05) is 30.9 Å². The zero-order chi connectivity index (χ0) is 29.0. The average molecular weight is 569 g/mol. The number of allylic oxidation sites excluding steroid dienone is 3. The van der Waals surface area contributed by atoms with Crippen molar-refractivity contribution in [2.45, 2.75) is 64.4 Å². The Morgan fingerprint density at radius 2 is 1.90 bits per heavy atom. The molecular weight excluding hydrogens is 531 g/mol. The number of fused-ring (bicyclic) bond motifs is 1. The monoisotopic (exact) mass is 568 g/mol. The number of carbonyl (C=O) groups is 1. The van der Waals surface area contributed by atoms with Gasteiger partial charge in [0.25, 0.3) is 0 Å². The highest BCUT2D eigenvalue weighted by Crippen LogP contribution is 2.39. The highest BCUT2D eigenvalue weighted by molar-refractivity contribution is 7.90. The quantitative estimate of drug-likeness (QED) is 0.364. The molecule has 0 bridgehead atoms. The van der Waals surface area contributed by atoms with Gasteiger partial charge in [-0.2, -0.15) is 0 Å². The maximum atomic E-state index is 15.2. The number of ether oxygens (including phenoxy) is 2. The molecule has 6 nitrogen and oxygen atoms in total. The summed E-state index contributed by atoms with van der Waals surface area (Å²) >= 11 is 0. The van der Waals surface area contributed by atoms with Crippen molar-refractivity contribution in [3.8, 4) is 11.5 Å². The molecule has 0 saturated carbocycles. The Labute approximate surface area is 236 Å². The lowest BCUT2D eigenvalue weighted by Gasteiger charge is -2.21. The smallest absolute Gasteiger partial charge is 0.304 e. The summed E-state index contributed by atoms with van der Waals surface area (Å²) in [4.78, 5) is 11.1. The molecule has 4 rings (SSSR count). The third-order valence-electron chi connectivity index (χ3n) is 7.50. The van der Waals surface area contributed by atoms with Crippen molar-refractivity contribution in [2.75, 3.05) is 18.6 Å². The normalized spacial score (nSPS) is 22.1. The average Bonchev–Trinajstić information content (AvgIpc) is 3.27. The molecule has 1 aliphatic heterocycles. The summed E-state index contributed by atoms with van der Waals surface area (Å²) < 4.78 is 50.1. The Morgan fingerprint density at radius 3 is 2.58 bits per heavy atom. The molecule has 0 amide bonds. The first-order valence-corrected chi connectivity index (χ1v) is 15.7. The molecule has 1 heterocycles. The first-order chi connectivity index (χ1) is 18.9. The molecule has 40 heavy (non-hydrogen) atoms. The van der Waals surface area contributed by atoms with Gasteiger partial charge in [0, 0.05) is 29.4 Å². The zero-order valence-corrected chi connectivity index (χ0v) is 24.2. The van der Waals surface area contributed by atoms with E-state index < -0.39 is 27.7 Å². The van der Waals surface area contributed by atoms with Crippen molar-refractivity contribution >= 4 is 21.4 Å². The van der Waals surface area contributed by atoms with E-state index in [-0.39, 0.29) is 23.7 Å². The Morgan fingerprint density at radius 1 is 1.18 bits per heavy atom. The van der Waals surface area contributed by atoms with Crippen LogP contribution in [0.5, 0.6) is 11.5 Å². The molecule has 0 radical (unpaired) electrons. The number of benzene rings is 2. The molecule has 2 atom stereocenters. The van der Waals surface area contributed by atoms with Crippen molar-refractivity contribution < 1.29 is 32.2 Å². The maximum absolute atomic E-state index is 15.2. The predicted octanol–water partition coefficient (Wildman–Crippen LogP) is 6.66. The molecule has 0 spiro atoms. The van der Waals surface area contributed by atoms with E-state index in [0.717, 1.165) is 46.2 Å². The predicted molar refractivity (Wildman–Crippen MR) is 155 cm³/mol. The van der Waals surface area contributed by atoms with Gasteiger partial charge in [0.2, 0.25) is 0 Å². The number of carboxylic acids is 1. The summed E-state index contributed by atoms with van der Waals surface area (Å²) in [5, 5.41) is 9.13. The van der Waals surface area contributed by atoms with Gasteiger partial charge in [-0.3, -0.25) is 4.79 Å². The third-order valence-corrected chi connectivity index (χ3v) is 8.53. The van der Waals surface area contributed by atoms with Crippen LogP contribution in [-0.4, -0.2) is 44.2 Å². The Hall–Kier alpha value is -3.39. The third kappa shape index (κ3) is 7.42. The van der Waals surface area contributed by atoms with E-state index in [9.17, 15) is 13.2 Å². The van der Waals surface area contributed by atoms with E-state index in [1.54, 1.807) is 12.1 Å². The lowest BCUT2D eigenvalue weighted by molar-refractivity contribution is -0.137. The number of sulfone groups is 1. The molecule has 0 fully saturated rings. The van der Waals surface area contributed by atoms with Crippen LogP contribution in [0.1, 0.15) is 65.8 Å². The number of halogens is 1. The van der Waals surface area contributed by atoms with E-state index in [1.165, 1.54) is 12.3 Å². The highest BCUT2D eigenvalue weighted by Gasteiger charge is 2.28. The Bertz CT molecular complexity index is 1450. The second kappa shape index (κ2) is 12.4. The number of carboxylic acid groups (broad SMARTS) is 1. The van der Waals surface area contributed by atoms with E-state index >= 15 is 4.39 Å². The van der Waals surface area contributed by atoms with Gasteiger partial charge in [-0.25, -0.2) is 12.8 Å². The fourth-order valence-electron chi connectivity index (χ4n) is 5.63. The molecule has 0 aromatic heterocycles. The summed E-state index contributed by atoms with van der Waals surface area (Å²) in [6.45, 7) is 8.38. The first-order valence-electron chi connectivity index (χ1n) is 13.6. The summed E-state index contributed by atoms with van der Waals surface area (Å²) in [7, 11) is -2.99. The summed E-state index contributed by atoms with van der Waals surface area (Å²) in [6.07, 6.45) is 7.32. The lowest BCUT2D eigenvalue weighted by Crippen LogP contribution is -2.19. The first kappa shape index (κ1) is 29.6. The van der Waals surface area contributed by atoms with Gasteiger partial charge in [0.1, 0.15) is 33.3 Å².